The van der Waals surface area contributed by atoms with Gasteiger partial charge >= 0.3 is 0 Å². The molecule has 2 aliphatic rings. The molecule has 1 aliphatic carbocycles. The van der Waals surface area contributed by atoms with Crippen molar-refractivity contribution in [3.05, 3.63) is 23.9 Å². The zero-order valence-electron chi connectivity index (χ0n) is 14.2. The van der Waals surface area contributed by atoms with Gasteiger partial charge in [0.2, 0.25) is 0 Å². The maximum atomic E-state index is 4.61. The van der Waals surface area contributed by atoms with Crippen LogP contribution in [0.25, 0.3) is 0 Å². The van der Waals surface area contributed by atoms with Crippen molar-refractivity contribution in [2.24, 2.45) is 4.99 Å². The standard InChI is InChI=1S/C18H29N5/c1-19-18(22-16-7-3-2-4-8-16)21-14-15-9-10-17(20-13-15)23-11-5-6-12-23/h9-10,13,16H,2-8,11-12,14H2,1H3,(H2,19,21,22). The van der Waals surface area contributed by atoms with Crippen molar-refractivity contribution in [1.29, 1.82) is 0 Å². The predicted molar refractivity (Wildman–Crippen MR) is 95.9 cm³/mol. The third-order valence-electron chi connectivity index (χ3n) is 4.87. The predicted octanol–water partition coefficient (Wildman–Crippen LogP) is 2.68. The summed E-state index contributed by atoms with van der Waals surface area (Å²) in [6.07, 6.45) is 11.1. The van der Waals surface area contributed by atoms with Crippen molar-refractivity contribution in [1.82, 2.24) is 15.6 Å². The quantitative estimate of drug-likeness (QED) is 0.662. The monoisotopic (exact) mass is 315 g/mol. The van der Waals surface area contributed by atoms with Gasteiger partial charge in [0.15, 0.2) is 5.96 Å². The van der Waals surface area contributed by atoms with Gasteiger partial charge in [-0.1, -0.05) is 25.3 Å². The molecule has 0 spiro atoms. The molecule has 1 saturated carbocycles. The van der Waals surface area contributed by atoms with Gasteiger partial charge in [0, 0.05) is 38.9 Å². The Morgan fingerprint density at radius 3 is 2.61 bits per heavy atom. The van der Waals surface area contributed by atoms with E-state index in [1.807, 2.05) is 13.2 Å². The summed E-state index contributed by atoms with van der Waals surface area (Å²) in [5, 5.41) is 6.95. The van der Waals surface area contributed by atoms with Gasteiger partial charge in [0.25, 0.3) is 0 Å². The normalized spacial score (nSPS) is 19.9. The molecule has 2 fully saturated rings. The molecule has 1 aromatic heterocycles. The van der Waals surface area contributed by atoms with E-state index in [9.17, 15) is 0 Å². The summed E-state index contributed by atoms with van der Waals surface area (Å²) in [5.74, 6) is 2.01. The minimum Gasteiger partial charge on any atom is -0.357 e. The highest BCUT2D eigenvalue weighted by Gasteiger charge is 2.15. The number of anilines is 1. The van der Waals surface area contributed by atoms with Crippen molar-refractivity contribution in [2.75, 3.05) is 25.0 Å². The molecule has 1 aliphatic heterocycles. The smallest absolute Gasteiger partial charge is 0.191 e. The number of nitrogens with zero attached hydrogens (tertiary/aromatic N) is 3. The molecule has 5 heteroatoms. The van der Waals surface area contributed by atoms with Crippen LogP contribution in [0.3, 0.4) is 0 Å². The van der Waals surface area contributed by atoms with E-state index in [1.165, 1.54) is 50.5 Å². The molecule has 0 bridgehead atoms. The van der Waals surface area contributed by atoms with Crippen molar-refractivity contribution in [2.45, 2.75) is 57.5 Å². The first kappa shape index (κ1) is 16.1. The fourth-order valence-corrected chi connectivity index (χ4v) is 3.48. The lowest BCUT2D eigenvalue weighted by Crippen LogP contribution is -2.43. The van der Waals surface area contributed by atoms with Crippen molar-refractivity contribution >= 4 is 11.8 Å². The highest BCUT2D eigenvalue weighted by molar-refractivity contribution is 5.79. The fourth-order valence-electron chi connectivity index (χ4n) is 3.48. The van der Waals surface area contributed by atoms with Crippen LogP contribution in [0.1, 0.15) is 50.5 Å². The number of aliphatic imine (C=N–C) groups is 1. The van der Waals surface area contributed by atoms with E-state index in [1.54, 1.807) is 0 Å². The van der Waals surface area contributed by atoms with Crippen LogP contribution < -0.4 is 15.5 Å². The molecule has 23 heavy (non-hydrogen) atoms. The first-order valence-corrected chi connectivity index (χ1v) is 9.02. The molecule has 0 aromatic carbocycles. The van der Waals surface area contributed by atoms with Crippen LogP contribution in [-0.2, 0) is 6.54 Å². The number of aromatic nitrogens is 1. The Kier molecular flexibility index (Phi) is 5.72. The molecule has 0 atom stereocenters. The van der Waals surface area contributed by atoms with Crippen LogP contribution in [0.5, 0.6) is 0 Å². The fraction of sp³-hybridized carbons (Fsp3) is 0.667. The second-order valence-corrected chi connectivity index (χ2v) is 6.62. The molecule has 0 amide bonds. The molecule has 1 saturated heterocycles. The number of guanidine groups is 1. The van der Waals surface area contributed by atoms with E-state index in [0.717, 1.165) is 31.4 Å². The lowest BCUT2D eigenvalue weighted by atomic mass is 9.96. The molecule has 2 N–H and O–H groups in total. The van der Waals surface area contributed by atoms with E-state index in [-0.39, 0.29) is 0 Å². The van der Waals surface area contributed by atoms with Gasteiger partial charge in [0.1, 0.15) is 5.82 Å². The second-order valence-electron chi connectivity index (χ2n) is 6.62. The van der Waals surface area contributed by atoms with Crippen LogP contribution in [0.4, 0.5) is 5.82 Å². The Morgan fingerprint density at radius 2 is 1.96 bits per heavy atom. The number of hydrogen-bond donors (Lipinski definition) is 2. The minimum atomic E-state index is 0.575. The Labute approximate surface area is 139 Å². The molecular formula is C18H29N5. The highest BCUT2D eigenvalue weighted by atomic mass is 15.2. The van der Waals surface area contributed by atoms with Crippen molar-refractivity contribution in [3.8, 4) is 0 Å². The average Bonchev–Trinajstić information content (AvgIpc) is 3.14. The van der Waals surface area contributed by atoms with Gasteiger partial charge in [-0.25, -0.2) is 4.98 Å². The zero-order valence-corrected chi connectivity index (χ0v) is 14.2. The zero-order chi connectivity index (χ0) is 15.9. The van der Waals surface area contributed by atoms with E-state index in [4.69, 9.17) is 0 Å². The van der Waals surface area contributed by atoms with Gasteiger partial charge in [-0.05, 0) is 37.3 Å². The Morgan fingerprint density at radius 1 is 1.17 bits per heavy atom. The molecule has 0 unspecified atom stereocenters. The van der Waals surface area contributed by atoms with Gasteiger partial charge in [-0.3, -0.25) is 4.99 Å². The SMILES string of the molecule is CN=C(NCc1ccc(N2CCCC2)nc1)NC1CCCCC1. The summed E-state index contributed by atoms with van der Waals surface area (Å²) >= 11 is 0. The number of rotatable bonds is 4. The van der Waals surface area contributed by atoms with E-state index >= 15 is 0 Å². The van der Waals surface area contributed by atoms with Crippen LogP contribution in [0.2, 0.25) is 0 Å². The summed E-state index contributed by atoms with van der Waals surface area (Å²) in [6, 6.07) is 4.88. The first-order valence-electron chi connectivity index (χ1n) is 9.02. The Bertz CT molecular complexity index is 499. The van der Waals surface area contributed by atoms with E-state index < -0.39 is 0 Å². The van der Waals surface area contributed by atoms with Crippen LogP contribution in [0.15, 0.2) is 23.3 Å². The highest BCUT2D eigenvalue weighted by Crippen LogP contribution is 2.18. The van der Waals surface area contributed by atoms with Gasteiger partial charge < -0.3 is 15.5 Å². The van der Waals surface area contributed by atoms with Crippen LogP contribution >= 0.6 is 0 Å². The molecule has 3 rings (SSSR count). The van der Waals surface area contributed by atoms with E-state index in [2.05, 4.69) is 37.6 Å². The minimum absolute atomic E-state index is 0.575. The summed E-state index contributed by atoms with van der Waals surface area (Å²) in [7, 11) is 1.84. The lowest BCUT2D eigenvalue weighted by molar-refractivity contribution is 0.410. The third kappa shape index (κ3) is 4.60. The topological polar surface area (TPSA) is 52.6 Å². The summed E-state index contributed by atoms with van der Waals surface area (Å²) in [6.45, 7) is 3.05. The van der Waals surface area contributed by atoms with Gasteiger partial charge in [0.05, 0.1) is 0 Å². The molecular weight excluding hydrogens is 286 g/mol. The lowest BCUT2D eigenvalue weighted by Gasteiger charge is -2.25. The molecule has 0 radical (unpaired) electrons. The first-order chi connectivity index (χ1) is 11.3. The van der Waals surface area contributed by atoms with E-state index in [0.29, 0.717) is 6.04 Å². The molecule has 126 valence electrons. The summed E-state index contributed by atoms with van der Waals surface area (Å²) < 4.78 is 0. The average molecular weight is 315 g/mol. The summed E-state index contributed by atoms with van der Waals surface area (Å²) in [4.78, 5) is 11.3. The van der Waals surface area contributed by atoms with Gasteiger partial charge in [-0.15, -0.1) is 0 Å². The van der Waals surface area contributed by atoms with Crippen molar-refractivity contribution in [3.63, 3.8) is 0 Å². The largest absolute Gasteiger partial charge is 0.357 e. The number of pyridine rings is 1. The maximum absolute atomic E-state index is 4.61. The molecule has 5 nitrogen and oxygen atoms in total. The van der Waals surface area contributed by atoms with Crippen molar-refractivity contribution < 1.29 is 0 Å². The molecule has 2 heterocycles. The van der Waals surface area contributed by atoms with Gasteiger partial charge in [-0.2, -0.15) is 0 Å². The van der Waals surface area contributed by atoms with Crippen LogP contribution in [0, 0.1) is 0 Å². The number of hydrogen-bond acceptors (Lipinski definition) is 3. The second kappa shape index (κ2) is 8.18. The Hall–Kier alpha value is -1.78. The molecule has 1 aromatic rings. The van der Waals surface area contributed by atoms with Crippen LogP contribution in [-0.4, -0.2) is 37.1 Å². The number of nitrogens with one attached hydrogen (secondary N) is 2. The third-order valence-corrected chi connectivity index (χ3v) is 4.87. The Balaban J connectivity index is 1.48. The summed E-state index contributed by atoms with van der Waals surface area (Å²) in [5.41, 5.74) is 1.19. The maximum Gasteiger partial charge on any atom is 0.191 e.